The van der Waals surface area contributed by atoms with Gasteiger partial charge >= 0.3 is 0 Å². The number of aryl methyl sites for hydroxylation is 2. The quantitative estimate of drug-likeness (QED) is 0.595. The number of fused-ring (bicyclic) bond motifs is 1. The molecular formula is C25H32N2O3. The first-order valence-electron chi connectivity index (χ1n) is 10.8. The molecule has 0 spiro atoms. The summed E-state index contributed by atoms with van der Waals surface area (Å²) in [6.45, 7) is 8.82. The summed E-state index contributed by atoms with van der Waals surface area (Å²) in [5, 5.41) is 2.83. The Morgan fingerprint density at radius 3 is 2.40 bits per heavy atom. The number of hydrogen-bond acceptors (Lipinski definition) is 3. The van der Waals surface area contributed by atoms with Gasteiger partial charge in [0.15, 0.2) is 0 Å². The monoisotopic (exact) mass is 408 g/mol. The van der Waals surface area contributed by atoms with E-state index < -0.39 is 6.04 Å². The van der Waals surface area contributed by atoms with Crippen LogP contribution in [0.25, 0.3) is 0 Å². The predicted octanol–water partition coefficient (Wildman–Crippen LogP) is 4.99. The van der Waals surface area contributed by atoms with Crippen molar-refractivity contribution < 1.29 is 14.3 Å². The summed E-state index contributed by atoms with van der Waals surface area (Å²) in [5.74, 6) is 0.558. The topological polar surface area (TPSA) is 58.6 Å². The molecule has 0 saturated heterocycles. The van der Waals surface area contributed by atoms with E-state index in [-0.39, 0.29) is 11.8 Å². The predicted molar refractivity (Wildman–Crippen MR) is 120 cm³/mol. The van der Waals surface area contributed by atoms with Gasteiger partial charge in [-0.1, -0.05) is 50.5 Å². The zero-order valence-electron chi connectivity index (χ0n) is 18.5. The van der Waals surface area contributed by atoms with E-state index in [2.05, 4.69) is 12.2 Å². The van der Waals surface area contributed by atoms with E-state index >= 15 is 0 Å². The summed E-state index contributed by atoms with van der Waals surface area (Å²) in [6.07, 6.45) is 4.72. The van der Waals surface area contributed by atoms with Gasteiger partial charge in [0.1, 0.15) is 11.8 Å². The first kappa shape index (κ1) is 21.9. The van der Waals surface area contributed by atoms with E-state index in [1.165, 1.54) is 26.2 Å². The molecule has 2 aromatic carbocycles. The van der Waals surface area contributed by atoms with Crippen LogP contribution in [0.5, 0.6) is 5.75 Å². The molecule has 5 heteroatoms. The van der Waals surface area contributed by atoms with Gasteiger partial charge in [0.25, 0.3) is 5.91 Å². The number of carbonyl (C=O) groups is 2. The molecule has 3 rings (SSSR count). The maximum absolute atomic E-state index is 13.2. The van der Waals surface area contributed by atoms with E-state index in [1.54, 1.807) is 4.90 Å². The average Bonchev–Trinajstić information content (AvgIpc) is 2.98. The number of nitrogens with zero attached hydrogens (tertiary/aromatic N) is 1. The lowest BCUT2D eigenvalue weighted by atomic mass is 9.99. The number of unbranched alkanes of at least 4 members (excludes halogenated alkanes) is 3. The fraction of sp³-hybridized carbons (Fsp3) is 0.440. The second-order valence-corrected chi connectivity index (χ2v) is 8.07. The van der Waals surface area contributed by atoms with E-state index in [1.807, 2.05) is 50.2 Å². The first-order valence-corrected chi connectivity index (χ1v) is 10.8. The smallest absolute Gasteiger partial charge is 0.254 e. The number of amides is 2. The molecular weight excluding hydrogens is 376 g/mol. The lowest BCUT2D eigenvalue weighted by Crippen LogP contribution is -2.36. The molecule has 2 amide bonds. The van der Waals surface area contributed by atoms with E-state index in [0.29, 0.717) is 6.54 Å². The number of benzene rings is 2. The highest BCUT2D eigenvalue weighted by Gasteiger charge is 2.39. The Bertz CT molecular complexity index is 905. The van der Waals surface area contributed by atoms with Crippen molar-refractivity contribution in [2.24, 2.45) is 0 Å². The Hall–Kier alpha value is -2.82. The minimum absolute atomic E-state index is 0.0890. The lowest BCUT2D eigenvalue weighted by Gasteiger charge is -2.20. The number of hydrogen-bond donors (Lipinski definition) is 1. The molecule has 30 heavy (non-hydrogen) atoms. The molecule has 2 aromatic rings. The number of carbonyl (C=O) groups excluding carboxylic acids is 2. The fourth-order valence-electron chi connectivity index (χ4n) is 4.02. The maximum atomic E-state index is 13.2. The van der Waals surface area contributed by atoms with Gasteiger partial charge in [-0.2, -0.15) is 0 Å². The zero-order valence-corrected chi connectivity index (χ0v) is 18.5. The molecule has 1 N–H and O–H groups in total. The van der Waals surface area contributed by atoms with Gasteiger partial charge in [0.05, 0.1) is 18.8 Å². The van der Waals surface area contributed by atoms with Crippen molar-refractivity contribution in [2.45, 2.75) is 66.0 Å². The van der Waals surface area contributed by atoms with Crippen molar-refractivity contribution in [1.82, 2.24) is 5.32 Å². The van der Waals surface area contributed by atoms with Crippen molar-refractivity contribution >= 4 is 17.5 Å². The molecule has 1 aliphatic rings. The van der Waals surface area contributed by atoms with Crippen LogP contribution in [0.1, 0.15) is 67.8 Å². The minimum Gasteiger partial charge on any atom is -0.494 e. The molecule has 160 valence electrons. The summed E-state index contributed by atoms with van der Waals surface area (Å²) in [7, 11) is 0. The normalized spacial score (nSPS) is 15.3. The van der Waals surface area contributed by atoms with Gasteiger partial charge in [-0.25, -0.2) is 0 Å². The molecule has 0 fully saturated rings. The SMILES string of the molecule is CCCCCCOc1ccc(CN2C(=O)[C@H](NC(C)=O)c3c(C)ccc(C)c32)cc1. The molecule has 0 aliphatic carbocycles. The van der Waals surface area contributed by atoms with Crippen molar-refractivity contribution in [3.8, 4) is 5.75 Å². The summed E-state index contributed by atoms with van der Waals surface area (Å²) in [4.78, 5) is 26.7. The Balaban J connectivity index is 1.74. The summed E-state index contributed by atoms with van der Waals surface area (Å²) >= 11 is 0. The molecule has 0 radical (unpaired) electrons. The van der Waals surface area contributed by atoms with Crippen LogP contribution in [0.15, 0.2) is 36.4 Å². The Morgan fingerprint density at radius 2 is 1.73 bits per heavy atom. The summed E-state index contributed by atoms with van der Waals surface area (Å²) in [5.41, 5.74) is 4.88. The highest BCUT2D eigenvalue weighted by molar-refractivity contribution is 6.07. The van der Waals surface area contributed by atoms with Crippen LogP contribution in [-0.4, -0.2) is 18.4 Å². The maximum Gasteiger partial charge on any atom is 0.254 e. The van der Waals surface area contributed by atoms with Gasteiger partial charge in [0.2, 0.25) is 5.91 Å². The van der Waals surface area contributed by atoms with Crippen LogP contribution in [0.2, 0.25) is 0 Å². The van der Waals surface area contributed by atoms with Crippen LogP contribution in [0.4, 0.5) is 5.69 Å². The fourth-order valence-corrected chi connectivity index (χ4v) is 4.02. The molecule has 0 saturated carbocycles. The Morgan fingerprint density at radius 1 is 1.03 bits per heavy atom. The largest absolute Gasteiger partial charge is 0.494 e. The third kappa shape index (κ3) is 4.84. The van der Waals surface area contributed by atoms with Crippen molar-refractivity contribution in [3.63, 3.8) is 0 Å². The van der Waals surface area contributed by atoms with Crippen LogP contribution >= 0.6 is 0 Å². The third-order valence-electron chi connectivity index (χ3n) is 5.59. The van der Waals surface area contributed by atoms with Crippen LogP contribution in [0, 0.1) is 13.8 Å². The molecule has 0 unspecified atom stereocenters. The standard InChI is InChI=1S/C25H32N2O3/c1-5-6-7-8-15-30-21-13-11-20(12-14-21)16-27-24-18(3)10-9-17(2)22(24)23(25(27)29)26-19(4)28/h9-14,23H,5-8,15-16H2,1-4H3,(H,26,28)/t23-/m1/s1. The van der Waals surface area contributed by atoms with Gasteiger partial charge in [-0.15, -0.1) is 0 Å². The molecule has 0 aromatic heterocycles. The number of nitrogens with one attached hydrogen (secondary N) is 1. The van der Waals surface area contributed by atoms with Gasteiger partial charge in [0, 0.05) is 12.5 Å². The molecule has 1 aliphatic heterocycles. The highest BCUT2D eigenvalue weighted by atomic mass is 16.5. The molecule has 1 heterocycles. The Labute approximate surface area is 179 Å². The minimum atomic E-state index is -0.622. The second-order valence-electron chi connectivity index (χ2n) is 8.07. The van der Waals surface area contributed by atoms with E-state index in [0.717, 1.165) is 46.7 Å². The van der Waals surface area contributed by atoms with Crippen molar-refractivity contribution in [3.05, 3.63) is 58.7 Å². The van der Waals surface area contributed by atoms with Crippen LogP contribution in [-0.2, 0) is 16.1 Å². The van der Waals surface area contributed by atoms with Crippen LogP contribution < -0.4 is 15.0 Å². The molecule has 5 nitrogen and oxygen atoms in total. The Kier molecular flexibility index (Phi) is 7.14. The third-order valence-corrected chi connectivity index (χ3v) is 5.59. The highest BCUT2D eigenvalue weighted by Crippen LogP contribution is 2.41. The lowest BCUT2D eigenvalue weighted by molar-refractivity contribution is -0.126. The zero-order chi connectivity index (χ0) is 21.7. The van der Waals surface area contributed by atoms with Crippen molar-refractivity contribution in [2.75, 3.05) is 11.5 Å². The summed E-state index contributed by atoms with van der Waals surface area (Å²) < 4.78 is 5.82. The number of ether oxygens (including phenoxy) is 1. The van der Waals surface area contributed by atoms with Gasteiger partial charge in [-0.05, 0) is 49.1 Å². The molecule has 0 bridgehead atoms. The second kappa shape index (κ2) is 9.79. The average molecular weight is 409 g/mol. The number of rotatable bonds is 9. The first-order chi connectivity index (χ1) is 14.4. The van der Waals surface area contributed by atoms with Crippen LogP contribution in [0.3, 0.4) is 0 Å². The van der Waals surface area contributed by atoms with Gasteiger partial charge < -0.3 is 15.0 Å². The van der Waals surface area contributed by atoms with Gasteiger partial charge in [-0.3, -0.25) is 9.59 Å². The molecule has 1 atom stereocenters. The summed E-state index contributed by atoms with van der Waals surface area (Å²) in [6, 6.07) is 11.3. The number of anilines is 1. The van der Waals surface area contributed by atoms with E-state index in [4.69, 9.17) is 4.74 Å². The van der Waals surface area contributed by atoms with Crippen molar-refractivity contribution in [1.29, 1.82) is 0 Å². The van der Waals surface area contributed by atoms with E-state index in [9.17, 15) is 9.59 Å².